The van der Waals surface area contributed by atoms with Gasteiger partial charge in [0.05, 0.1) is 24.3 Å². The van der Waals surface area contributed by atoms with Crippen molar-refractivity contribution in [3.8, 4) is 0 Å². The lowest BCUT2D eigenvalue weighted by molar-refractivity contribution is -0.134. The van der Waals surface area contributed by atoms with Crippen molar-refractivity contribution in [1.82, 2.24) is 16.0 Å². The molecule has 0 aromatic carbocycles. The molecule has 0 unspecified atom stereocenters. The summed E-state index contributed by atoms with van der Waals surface area (Å²) < 4.78 is 42.7. The molecule has 36 heavy (non-hydrogen) atoms. The fourth-order valence-corrected chi connectivity index (χ4v) is 3.27. The highest BCUT2D eigenvalue weighted by Gasteiger charge is 2.36. The third kappa shape index (κ3) is 11.8. The van der Waals surface area contributed by atoms with Crippen LogP contribution >= 0.6 is 0 Å². The number of alkyl carbamates (subject to hydrolysis) is 2. The molecule has 206 valence electrons. The van der Waals surface area contributed by atoms with Crippen molar-refractivity contribution in [3.63, 3.8) is 0 Å². The number of halogens is 2. The molecule has 0 aliphatic heterocycles. The Balaban J connectivity index is 3.33. The summed E-state index contributed by atoms with van der Waals surface area (Å²) in [5.41, 5.74) is -1.67. The predicted octanol–water partition coefficient (Wildman–Crippen LogP) is 4.04. The van der Waals surface area contributed by atoms with E-state index in [2.05, 4.69) is 20.9 Å². The van der Waals surface area contributed by atoms with Crippen LogP contribution in [0.25, 0.3) is 0 Å². The molecule has 3 amide bonds. The summed E-state index contributed by atoms with van der Waals surface area (Å²) in [4.78, 5) is 41.1. The van der Waals surface area contributed by atoms with Gasteiger partial charge in [0.1, 0.15) is 11.2 Å². The van der Waals surface area contributed by atoms with E-state index in [0.29, 0.717) is 12.8 Å². The van der Waals surface area contributed by atoms with E-state index in [1.54, 1.807) is 53.7 Å². The minimum Gasteiger partial charge on any atom is -0.444 e. The van der Waals surface area contributed by atoms with Gasteiger partial charge in [0.2, 0.25) is 5.96 Å². The zero-order valence-electron chi connectivity index (χ0n) is 22.3. The first-order chi connectivity index (χ1) is 16.5. The Morgan fingerprint density at radius 3 is 1.89 bits per heavy atom. The molecule has 12 heteroatoms. The molecule has 0 spiro atoms. The molecule has 0 radical (unpaired) electrons. The topological polar surface area (TPSA) is 127 Å². The number of amides is 3. The van der Waals surface area contributed by atoms with Crippen LogP contribution in [-0.2, 0) is 19.0 Å². The number of nitrogens with zero attached hydrogens (tertiary/aromatic N) is 1. The molecule has 10 nitrogen and oxygen atoms in total. The minimum absolute atomic E-state index is 0.174. The zero-order valence-corrected chi connectivity index (χ0v) is 22.3. The van der Waals surface area contributed by atoms with Gasteiger partial charge in [-0.1, -0.05) is 26.0 Å². The van der Waals surface area contributed by atoms with Crippen LogP contribution in [0.3, 0.4) is 0 Å². The molecule has 0 aromatic rings. The van der Waals surface area contributed by atoms with E-state index < -0.39 is 53.9 Å². The summed E-state index contributed by atoms with van der Waals surface area (Å²) in [5.74, 6) is -1.80. The number of hydrogen-bond donors (Lipinski definition) is 3. The van der Waals surface area contributed by atoms with Gasteiger partial charge in [-0.05, 0) is 60.8 Å². The van der Waals surface area contributed by atoms with Crippen molar-refractivity contribution < 1.29 is 37.4 Å². The maximum atomic E-state index is 13.1. The summed E-state index contributed by atoms with van der Waals surface area (Å²) in [7, 11) is 0. The Kier molecular flexibility index (Phi) is 11.7. The SMILES string of the molecule is CCC(CC)O[C@@H]1C=CC[C@H](N=C(NC(=O)OC(C)(C)C)NC(=O)OC(C)(C)C)[C@H]1NC(=O)C(F)F. The highest BCUT2D eigenvalue weighted by Crippen LogP contribution is 2.22. The summed E-state index contributed by atoms with van der Waals surface area (Å²) in [6.45, 7) is 13.8. The van der Waals surface area contributed by atoms with Gasteiger partial charge in [0.25, 0.3) is 5.91 Å². The monoisotopic (exact) mass is 518 g/mol. The molecule has 0 bridgehead atoms. The van der Waals surface area contributed by atoms with Gasteiger partial charge in [-0.15, -0.1) is 0 Å². The summed E-state index contributed by atoms with van der Waals surface area (Å²) in [6, 6.07) is -1.86. The maximum Gasteiger partial charge on any atom is 0.414 e. The van der Waals surface area contributed by atoms with Crippen LogP contribution < -0.4 is 16.0 Å². The summed E-state index contributed by atoms with van der Waals surface area (Å²) in [6.07, 6.45) is -0.986. The van der Waals surface area contributed by atoms with Crippen molar-refractivity contribution in [2.75, 3.05) is 0 Å². The average molecular weight is 519 g/mol. The number of ether oxygens (including phenoxy) is 3. The molecule has 3 atom stereocenters. The number of guanidine groups is 1. The molecule has 0 heterocycles. The van der Waals surface area contributed by atoms with Crippen LogP contribution in [-0.4, -0.2) is 66.0 Å². The van der Waals surface area contributed by atoms with E-state index in [1.807, 2.05) is 13.8 Å². The van der Waals surface area contributed by atoms with Gasteiger partial charge >= 0.3 is 18.6 Å². The van der Waals surface area contributed by atoms with Crippen molar-refractivity contribution in [3.05, 3.63) is 12.2 Å². The van der Waals surface area contributed by atoms with Crippen molar-refractivity contribution in [1.29, 1.82) is 0 Å². The second kappa shape index (κ2) is 13.5. The molecule has 0 saturated heterocycles. The number of aliphatic imine (C=N–C) groups is 1. The van der Waals surface area contributed by atoms with E-state index in [4.69, 9.17) is 14.2 Å². The molecular weight excluding hydrogens is 478 g/mol. The molecule has 0 fully saturated rings. The predicted molar refractivity (Wildman–Crippen MR) is 131 cm³/mol. The first-order valence-corrected chi connectivity index (χ1v) is 12.0. The Morgan fingerprint density at radius 1 is 0.972 bits per heavy atom. The molecule has 1 rings (SSSR count). The van der Waals surface area contributed by atoms with Gasteiger partial charge in [-0.25, -0.2) is 14.6 Å². The fraction of sp³-hybridized carbons (Fsp3) is 0.750. The molecule has 3 N–H and O–H groups in total. The molecule has 0 saturated carbocycles. The molecule has 1 aliphatic rings. The Bertz CT molecular complexity index is 784. The third-order valence-electron chi connectivity index (χ3n) is 4.77. The quantitative estimate of drug-likeness (QED) is 0.265. The number of alkyl halides is 2. The van der Waals surface area contributed by atoms with E-state index in [9.17, 15) is 23.2 Å². The lowest BCUT2D eigenvalue weighted by atomic mass is 9.93. The third-order valence-corrected chi connectivity index (χ3v) is 4.77. The van der Waals surface area contributed by atoms with Crippen LogP contribution in [0.15, 0.2) is 17.1 Å². The highest BCUT2D eigenvalue weighted by molar-refractivity contribution is 6.01. The van der Waals surface area contributed by atoms with Crippen molar-refractivity contribution in [2.45, 2.75) is 117 Å². The van der Waals surface area contributed by atoms with Crippen LogP contribution in [0.1, 0.15) is 74.7 Å². The van der Waals surface area contributed by atoms with E-state index in [-0.39, 0.29) is 18.5 Å². The minimum atomic E-state index is -3.24. The first kappa shape index (κ1) is 31.3. The summed E-state index contributed by atoms with van der Waals surface area (Å²) in [5, 5.41) is 7.03. The van der Waals surface area contributed by atoms with Crippen LogP contribution in [0.2, 0.25) is 0 Å². The Labute approximate surface area is 211 Å². The average Bonchev–Trinajstić information content (AvgIpc) is 2.70. The van der Waals surface area contributed by atoms with Crippen LogP contribution in [0.5, 0.6) is 0 Å². The number of carbonyl (C=O) groups excluding carboxylic acids is 3. The van der Waals surface area contributed by atoms with E-state index >= 15 is 0 Å². The van der Waals surface area contributed by atoms with Gasteiger partial charge in [0, 0.05) is 0 Å². The standard InChI is InChI=1S/C24H40F2N4O6/c1-9-14(10-2)34-16-13-11-12-15(17(16)28-19(31)18(25)26)27-20(29-21(32)35-23(3,4)5)30-22(33)36-24(6,7)8/h11,13-18H,9-10,12H2,1-8H3,(H,28,31)(H2,27,29,30,32,33)/t15-,16+,17+/m0/s1. The zero-order chi connectivity index (χ0) is 27.7. The fourth-order valence-electron chi connectivity index (χ4n) is 3.27. The number of nitrogens with one attached hydrogen (secondary N) is 3. The Morgan fingerprint density at radius 2 is 1.47 bits per heavy atom. The number of hydrogen-bond acceptors (Lipinski definition) is 7. The first-order valence-electron chi connectivity index (χ1n) is 12.0. The highest BCUT2D eigenvalue weighted by atomic mass is 19.3. The smallest absolute Gasteiger partial charge is 0.414 e. The number of carbonyl (C=O) groups is 3. The number of rotatable bonds is 7. The van der Waals surface area contributed by atoms with Crippen molar-refractivity contribution >= 4 is 24.1 Å². The normalized spacial score (nSPS) is 20.1. The van der Waals surface area contributed by atoms with Gasteiger partial charge in [-0.2, -0.15) is 8.78 Å². The van der Waals surface area contributed by atoms with E-state index in [1.165, 1.54) is 0 Å². The van der Waals surface area contributed by atoms with Gasteiger partial charge in [-0.3, -0.25) is 15.4 Å². The summed E-state index contributed by atoms with van der Waals surface area (Å²) >= 11 is 0. The lowest BCUT2D eigenvalue weighted by Crippen LogP contribution is -2.55. The lowest BCUT2D eigenvalue weighted by Gasteiger charge is -2.35. The Hall–Kier alpha value is -2.76. The van der Waals surface area contributed by atoms with Crippen molar-refractivity contribution in [2.24, 2.45) is 4.99 Å². The van der Waals surface area contributed by atoms with E-state index in [0.717, 1.165) is 0 Å². The van der Waals surface area contributed by atoms with Gasteiger partial charge in [0.15, 0.2) is 0 Å². The largest absolute Gasteiger partial charge is 0.444 e. The molecular formula is C24H40F2N4O6. The molecule has 0 aromatic heterocycles. The van der Waals surface area contributed by atoms with Crippen LogP contribution in [0.4, 0.5) is 18.4 Å². The van der Waals surface area contributed by atoms with Crippen LogP contribution in [0, 0.1) is 0 Å². The maximum absolute atomic E-state index is 13.1. The second-order valence-corrected chi connectivity index (χ2v) is 10.3. The van der Waals surface area contributed by atoms with Gasteiger partial charge < -0.3 is 19.5 Å². The molecule has 1 aliphatic carbocycles. The second-order valence-electron chi connectivity index (χ2n) is 10.3.